The molecule has 138 valence electrons. The minimum absolute atomic E-state index is 0.0286. The van der Waals surface area contributed by atoms with Crippen LogP contribution in [0.4, 0.5) is 0 Å². The van der Waals surface area contributed by atoms with Crippen LogP contribution >= 0.6 is 0 Å². The molecule has 0 saturated carbocycles. The lowest BCUT2D eigenvalue weighted by Gasteiger charge is -2.38. The van der Waals surface area contributed by atoms with E-state index in [1.54, 1.807) is 6.07 Å². The van der Waals surface area contributed by atoms with E-state index in [1.165, 1.54) is 12.7 Å². The van der Waals surface area contributed by atoms with Crippen LogP contribution in [0.1, 0.15) is 42.3 Å². The maximum absolute atomic E-state index is 12.5. The van der Waals surface area contributed by atoms with Gasteiger partial charge in [-0.2, -0.15) is 0 Å². The third-order valence-electron chi connectivity index (χ3n) is 5.24. The van der Waals surface area contributed by atoms with Crippen molar-refractivity contribution in [2.24, 2.45) is 5.73 Å². The average molecular weight is 348 g/mol. The molecule has 7 heteroatoms. The largest absolute Gasteiger partial charge is 0.467 e. The van der Waals surface area contributed by atoms with Gasteiger partial charge in [0.05, 0.1) is 18.7 Å². The number of piperazine rings is 1. The van der Waals surface area contributed by atoms with E-state index in [4.69, 9.17) is 10.2 Å². The Balaban J connectivity index is 1.48. The molecule has 2 amide bonds. The molecule has 2 saturated heterocycles. The Morgan fingerprint density at radius 3 is 2.60 bits per heavy atom. The molecule has 0 aromatic carbocycles. The molecule has 25 heavy (non-hydrogen) atoms. The Bertz CT molecular complexity index is 607. The molecule has 0 aliphatic carbocycles. The molecule has 1 aromatic heterocycles. The first kappa shape index (κ1) is 17.9. The third kappa shape index (κ3) is 4.22. The standard InChI is InChI=1S/C18H28N4O3/c1-14-4-2-3-5-22(14)17(23)12-20-6-8-21(9-7-20)18(24)15-10-16(11-19)25-13-15/h10,13-14H,2-9,11-12,19H2,1H3. The number of hydrogen-bond acceptors (Lipinski definition) is 5. The van der Waals surface area contributed by atoms with Gasteiger partial charge in [0.15, 0.2) is 0 Å². The second-order valence-electron chi connectivity index (χ2n) is 7.01. The summed E-state index contributed by atoms with van der Waals surface area (Å²) in [6, 6.07) is 2.05. The van der Waals surface area contributed by atoms with Gasteiger partial charge >= 0.3 is 0 Å². The lowest BCUT2D eigenvalue weighted by atomic mass is 10.0. The van der Waals surface area contributed by atoms with Gasteiger partial charge in [0.2, 0.25) is 5.91 Å². The molecule has 0 radical (unpaired) electrons. The van der Waals surface area contributed by atoms with Gasteiger partial charge in [-0.1, -0.05) is 0 Å². The molecule has 1 atom stereocenters. The number of carbonyl (C=O) groups is 2. The highest BCUT2D eigenvalue weighted by atomic mass is 16.3. The first-order valence-corrected chi connectivity index (χ1v) is 9.17. The molecule has 2 N–H and O–H groups in total. The summed E-state index contributed by atoms with van der Waals surface area (Å²) < 4.78 is 5.24. The highest BCUT2D eigenvalue weighted by Crippen LogP contribution is 2.17. The molecule has 2 fully saturated rings. The second kappa shape index (κ2) is 8.01. The van der Waals surface area contributed by atoms with E-state index in [0.717, 1.165) is 32.5 Å². The number of nitrogens with two attached hydrogens (primary N) is 1. The highest BCUT2D eigenvalue weighted by molar-refractivity contribution is 5.94. The van der Waals surface area contributed by atoms with Crippen molar-refractivity contribution < 1.29 is 14.0 Å². The lowest BCUT2D eigenvalue weighted by Crippen LogP contribution is -2.53. The Morgan fingerprint density at radius 2 is 1.96 bits per heavy atom. The fraction of sp³-hybridized carbons (Fsp3) is 0.667. The van der Waals surface area contributed by atoms with Crippen molar-refractivity contribution in [3.63, 3.8) is 0 Å². The van der Waals surface area contributed by atoms with Crippen LogP contribution in [0.15, 0.2) is 16.7 Å². The number of piperidine rings is 1. The molecule has 3 rings (SSSR count). The molecular weight excluding hydrogens is 320 g/mol. The van der Waals surface area contributed by atoms with Crippen LogP contribution in [0.2, 0.25) is 0 Å². The topological polar surface area (TPSA) is 83.0 Å². The van der Waals surface area contributed by atoms with Gasteiger partial charge in [0, 0.05) is 38.8 Å². The summed E-state index contributed by atoms with van der Waals surface area (Å²) in [7, 11) is 0. The van der Waals surface area contributed by atoms with Crippen molar-refractivity contribution in [1.29, 1.82) is 0 Å². The Kier molecular flexibility index (Phi) is 5.75. The van der Waals surface area contributed by atoms with Crippen molar-refractivity contribution >= 4 is 11.8 Å². The number of hydrogen-bond donors (Lipinski definition) is 1. The van der Waals surface area contributed by atoms with Gasteiger partial charge in [-0.3, -0.25) is 14.5 Å². The summed E-state index contributed by atoms with van der Waals surface area (Å²) in [5.41, 5.74) is 6.06. The Morgan fingerprint density at radius 1 is 1.20 bits per heavy atom. The van der Waals surface area contributed by atoms with E-state index >= 15 is 0 Å². The summed E-state index contributed by atoms with van der Waals surface area (Å²) in [6.45, 7) is 6.46. The number of nitrogens with zero attached hydrogens (tertiary/aromatic N) is 3. The fourth-order valence-corrected chi connectivity index (χ4v) is 3.64. The van der Waals surface area contributed by atoms with Crippen LogP contribution in [0.25, 0.3) is 0 Å². The number of furan rings is 1. The van der Waals surface area contributed by atoms with Crippen LogP contribution in [-0.2, 0) is 11.3 Å². The van der Waals surface area contributed by atoms with Gasteiger partial charge in [0.25, 0.3) is 5.91 Å². The quantitative estimate of drug-likeness (QED) is 0.874. The van der Waals surface area contributed by atoms with Gasteiger partial charge < -0.3 is 20.0 Å². The molecule has 7 nitrogen and oxygen atoms in total. The summed E-state index contributed by atoms with van der Waals surface area (Å²) in [5, 5.41) is 0. The lowest BCUT2D eigenvalue weighted by molar-refractivity contribution is -0.136. The first-order valence-electron chi connectivity index (χ1n) is 9.17. The maximum atomic E-state index is 12.5. The maximum Gasteiger partial charge on any atom is 0.257 e. The average Bonchev–Trinajstić information content (AvgIpc) is 3.11. The highest BCUT2D eigenvalue weighted by Gasteiger charge is 2.28. The smallest absolute Gasteiger partial charge is 0.257 e. The van der Waals surface area contributed by atoms with Crippen LogP contribution in [0.5, 0.6) is 0 Å². The van der Waals surface area contributed by atoms with Crippen LogP contribution < -0.4 is 5.73 Å². The molecule has 1 unspecified atom stereocenters. The van der Waals surface area contributed by atoms with Gasteiger partial charge in [-0.15, -0.1) is 0 Å². The Hall–Kier alpha value is -1.86. The van der Waals surface area contributed by atoms with Crippen LogP contribution in [0.3, 0.4) is 0 Å². The minimum atomic E-state index is -0.0286. The normalized spacial score (nSPS) is 22.2. The van der Waals surface area contributed by atoms with E-state index in [1.807, 2.05) is 9.80 Å². The van der Waals surface area contributed by atoms with Gasteiger partial charge in [-0.05, 0) is 32.3 Å². The zero-order valence-electron chi connectivity index (χ0n) is 14.9. The molecule has 0 bridgehead atoms. The van der Waals surface area contributed by atoms with Gasteiger partial charge in [0.1, 0.15) is 12.0 Å². The zero-order valence-corrected chi connectivity index (χ0v) is 14.9. The van der Waals surface area contributed by atoms with E-state index in [2.05, 4.69) is 11.8 Å². The second-order valence-corrected chi connectivity index (χ2v) is 7.01. The SMILES string of the molecule is CC1CCCCN1C(=O)CN1CCN(C(=O)c2coc(CN)c2)CC1. The van der Waals surface area contributed by atoms with Crippen molar-refractivity contribution in [3.05, 3.63) is 23.7 Å². The molecule has 1 aromatic rings. The number of likely N-dealkylation sites (tertiary alicyclic amines) is 1. The Labute approximate surface area is 148 Å². The van der Waals surface area contributed by atoms with Crippen molar-refractivity contribution in [3.8, 4) is 0 Å². The first-order chi connectivity index (χ1) is 12.1. The van der Waals surface area contributed by atoms with Crippen molar-refractivity contribution in [1.82, 2.24) is 14.7 Å². The van der Waals surface area contributed by atoms with E-state index in [9.17, 15) is 9.59 Å². The predicted octanol–water partition coefficient (Wildman–Crippen LogP) is 0.897. The number of rotatable bonds is 4. The number of amides is 2. The van der Waals surface area contributed by atoms with E-state index < -0.39 is 0 Å². The molecular formula is C18H28N4O3. The molecule has 3 heterocycles. The molecule has 0 spiro atoms. The summed E-state index contributed by atoms with van der Waals surface area (Å²) in [5.74, 6) is 0.803. The van der Waals surface area contributed by atoms with Gasteiger partial charge in [-0.25, -0.2) is 0 Å². The summed E-state index contributed by atoms with van der Waals surface area (Å²) >= 11 is 0. The number of carbonyl (C=O) groups excluding carboxylic acids is 2. The third-order valence-corrected chi connectivity index (χ3v) is 5.24. The van der Waals surface area contributed by atoms with Crippen molar-refractivity contribution in [2.75, 3.05) is 39.3 Å². The minimum Gasteiger partial charge on any atom is -0.467 e. The molecule has 2 aliphatic rings. The fourth-order valence-electron chi connectivity index (χ4n) is 3.64. The predicted molar refractivity (Wildman–Crippen MR) is 94.0 cm³/mol. The van der Waals surface area contributed by atoms with E-state index in [-0.39, 0.29) is 18.4 Å². The van der Waals surface area contributed by atoms with Crippen LogP contribution in [0, 0.1) is 0 Å². The van der Waals surface area contributed by atoms with Crippen molar-refractivity contribution in [2.45, 2.75) is 38.8 Å². The van der Waals surface area contributed by atoms with E-state index in [0.29, 0.717) is 37.0 Å². The summed E-state index contributed by atoms with van der Waals surface area (Å²) in [4.78, 5) is 31.0. The summed E-state index contributed by atoms with van der Waals surface area (Å²) in [6.07, 6.45) is 4.89. The molecule has 2 aliphatic heterocycles. The zero-order chi connectivity index (χ0) is 17.8. The monoisotopic (exact) mass is 348 g/mol. The van der Waals surface area contributed by atoms with Crippen LogP contribution in [-0.4, -0.2) is 71.8 Å².